The van der Waals surface area contributed by atoms with Gasteiger partial charge in [0.2, 0.25) is 0 Å². The number of hydrogen-bond acceptors (Lipinski definition) is 3. The number of nitrogens with zero attached hydrogens (tertiary/aromatic N) is 1. The first-order valence-electron chi connectivity index (χ1n) is 5.97. The first-order chi connectivity index (χ1) is 9.30. The van der Waals surface area contributed by atoms with Crippen LogP contribution in [0.25, 0.3) is 0 Å². The largest absolute Gasteiger partial charge is 0.478 e. The van der Waals surface area contributed by atoms with Gasteiger partial charge in [-0.15, -0.1) is 0 Å². The van der Waals surface area contributed by atoms with E-state index in [1.54, 1.807) is 6.07 Å². The molecule has 0 atom stereocenters. The van der Waals surface area contributed by atoms with E-state index in [-0.39, 0.29) is 16.0 Å². The molecule has 20 heavy (non-hydrogen) atoms. The first kappa shape index (κ1) is 14.3. The van der Waals surface area contributed by atoms with Crippen LogP contribution in [0.1, 0.15) is 21.5 Å². The lowest BCUT2D eigenvalue weighted by atomic mass is 10.0. The number of sulfone groups is 1. The second-order valence-corrected chi connectivity index (χ2v) is 6.61. The minimum absolute atomic E-state index is 0.0154. The van der Waals surface area contributed by atoms with Crippen molar-refractivity contribution >= 4 is 15.8 Å². The van der Waals surface area contributed by atoms with Gasteiger partial charge in [-0.05, 0) is 36.2 Å². The topological polar surface area (TPSA) is 76.4 Å². The van der Waals surface area contributed by atoms with Crippen molar-refractivity contribution in [3.05, 3.63) is 53.3 Å². The lowest BCUT2D eigenvalue weighted by molar-refractivity contribution is 0.0696. The maximum Gasteiger partial charge on any atom is 0.335 e. The van der Waals surface area contributed by atoms with E-state index in [4.69, 9.17) is 5.11 Å². The van der Waals surface area contributed by atoms with Crippen LogP contribution in [0, 0.1) is 6.92 Å². The normalized spacial score (nSPS) is 11.5. The Morgan fingerprint density at radius 2 is 1.85 bits per heavy atom. The highest BCUT2D eigenvalue weighted by molar-refractivity contribution is 7.90. The fourth-order valence-corrected chi connectivity index (χ4v) is 3.57. The number of carbonyl (C=O) groups is 1. The van der Waals surface area contributed by atoms with Gasteiger partial charge in [0.15, 0.2) is 9.84 Å². The van der Waals surface area contributed by atoms with E-state index in [1.807, 2.05) is 29.1 Å². The second kappa shape index (κ2) is 5.13. The second-order valence-electron chi connectivity index (χ2n) is 4.66. The van der Waals surface area contributed by atoms with Crippen LogP contribution in [0.2, 0.25) is 0 Å². The monoisotopic (exact) mass is 293 g/mol. The summed E-state index contributed by atoms with van der Waals surface area (Å²) in [5, 5.41) is 9.10. The minimum Gasteiger partial charge on any atom is -0.478 e. The van der Waals surface area contributed by atoms with E-state index >= 15 is 0 Å². The summed E-state index contributed by atoms with van der Waals surface area (Å²) in [5.74, 6) is -1.13. The zero-order valence-corrected chi connectivity index (χ0v) is 12.0. The molecular weight excluding hydrogens is 278 g/mol. The highest BCUT2D eigenvalue weighted by Gasteiger charge is 2.21. The van der Waals surface area contributed by atoms with Gasteiger partial charge in [0, 0.05) is 25.2 Å². The van der Waals surface area contributed by atoms with Gasteiger partial charge in [0.1, 0.15) is 0 Å². The quantitative estimate of drug-likeness (QED) is 0.934. The van der Waals surface area contributed by atoms with E-state index in [2.05, 4.69) is 0 Å². The van der Waals surface area contributed by atoms with Gasteiger partial charge in [-0.3, -0.25) is 0 Å². The van der Waals surface area contributed by atoms with Gasteiger partial charge < -0.3 is 9.67 Å². The molecule has 1 N–H and O–H groups in total. The summed E-state index contributed by atoms with van der Waals surface area (Å²) in [4.78, 5) is 11.2. The van der Waals surface area contributed by atoms with E-state index in [0.29, 0.717) is 12.1 Å². The zero-order valence-electron chi connectivity index (χ0n) is 11.2. The first-order valence-corrected chi connectivity index (χ1v) is 7.86. The van der Waals surface area contributed by atoms with Crippen LogP contribution in [-0.2, 0) is 16.4 Å². The standard InChI is InChI=1S/C14H15NO4S/c1-10-12(14(16)17)6-5-11(13(10)20(2,18)19)9-15-7-3-4-8-15/h3-8H,9H2,1-2H3,(H,16,17). The summed E-state index contributed by atoms with van der Waals surface area (Å²) >= 11 is 0. The predicted octanol–water partition coefficient (Wildman–Crippen LogP) is 1.95. The van der Waals surface area contributed by atoms with Crippen LogP contribution in [-0.4, -0.2) is 30.3 Å². The number of hydrogen-bond donors (Lipinski definition) is 1. The summed E-state index contributed by atoms with van der Waals surface area (Å²) in [6.07, 6.45) is 4.75. The van der Waals surface area contributed by atoms with E-state index in [9.17, 15) is 13.2 Å². The van der Waals surface area contributed by atoms with E-state index < -0.39 is 15.8 Å². The van der Waals surface area contributed by atoms with Crippen molar-refractivity contribution in [2.24, 2.45) is 0 Å². The maximum atomic E-state index is 12.0. The Hall–Kier alpha value is -2.08. The van der Waals surface area contributed by atoms with E-state index in [1.165, 1.54) is 13.0 Å². The summed E-state index contributed by atoms with van der Waals surface area (Å²) in [7, 11) is -3.50. The number of rotatable bonds is 4. The minimum atomic E-state index is -3.50. The van der Waals surface area contributed by atoms with Crippen LogP contribution in [0.4, 0.5) is 0 Å². The van der Waals surface area contributed by atoms with Crippen LogP contribution in [0.3, 0.4) is 0 Å². The third-order valence-electron chi connectivity index (χ3n) is 3.11. The lowest BCUT2D eigenvalue weighted by Crippen LogP contribution is -2.12. The molecule has 106 valence electrons. The fourth-order valence-electron chi connectivity index (χ4n) is 2.29. The molecule has 6 heteroatoms. The maximum absolute atomic E-state index is 12.0. The molecule has 2 rings (SSSR count). The molecule has 1 heterocycles. The molecule has 0 spiro atoms. The van der Waals surface area contributed by atoms with Gasteiger partial charge in [-0.2, -0.15) is 0 Å². The molecule has 0 aliphatic heterocycles. The van der Waals surface area contributed by atoms with Crippen molar-refractivity contribution in [1.29, 1.82) is 0 Å². The summed E-state index contributed by atoms with van der Waals surface area (Å²) in [6, 6.07) is 6.70. The molecule has 0 saturated heterocycles. The molecule has 0 aliphatic rings. The number of carboxylic acid groups (broad SMARTS) is 1. The SMILES string of the molecule is Cc1c(C(=O)O)ccc(Cn2cccc2)c1S(C)(=O)=O. The third-order valence-corrected chi connectivity index (χ3v) is 4.42. The number of aromatic nitrogens is 1. The Balaban J connectivity index is 2.63. The van der Waals surface area contributed by atoms with Gasteiger partial charge in [-0.25, -0.2) is 13.2 Å². The molecule has 0 bridgehead atoms. The van der Waals surface area contributed by atoms with E-state index in [0.717, 1.165) is 6.26 Å². The smallest absolute Gasteiger partial charge is 0.335 e. The molecule has 5 nitrogen and oxygen atoms in total. The summed E-state index contributed by atoms with van der Waals surface area (Å²) in [5.41, 5.74) is 0.887. The van der Waals surface area contributed by atoms with Crippen molar-refractivity contribution in [2.45, 2.75) is 18.4 Å². The molecule has 0 aliphatic carbocycles. The Kier molecular flexibility index (Phi) is 3.67. The van der Waals surface area contributed by atoms with Crippen molar-refractivity contribution in [3.8, 4) is 0 Å². The Morgan fingerprint density at radius 3 is 2.35 bits per heavy atom. The average Bonchev–Trinajstić information content (AvgIpc) is 2.79. The van der Waals surface area contributed by atoms with Crippen LogP contribution < -0.4 is 0 Å². The van der Waals surface area contributed by atoms with Gasteiger partial charge in [-0.1, -0.05) is 6.07 Å². The predicted molar refractivity (Wildman–Crippen MR) is 74.8 cm³/mol. The van der Waals surface area contributed by atoms with Crippen molar-refractivity contribution in [2.75, 3.05) is 6.26 Å². The molecule has 0 amide bonds. The molecule has 1 aromatic heterocycles. The zero-order chi connectivity index (χ0) is 14.9. The molecule has 1 aromatic carbocycles. The Labute approximate surface area is 117 Å². The molecule has 0 unspecified atom stereocenters. The number of carboxylic acids is 1. The highest BCUT2D eigenvalue weighted by Crippen LogP contribution is 2.24. The van der Waals surface area contributed by atoms with Crippen LogP contribution in [0.5, 0.6) is 0 Å². The number of benzene rings is 1. The highest BCUT2D eigenvalue weighted by atomic mass is 32.2. The van der Waals surface area contributed by atoms with Gasteiger partial charge in [0.05, 0.1) is 10.5 Å². The Bertz CT molecular complexity index is 746. The average molecular weight is 293 g/mol. The molecule has 2 aromatic rings. The van der Waals surface area contributed by atoms with Crippen molar-refractivity contribution < 1.29 is 18.3 Å². The van der Waals surface area contributed by atoms with Crippen LogP contribution >= 0.6 is 0 Å². The molecular formula is C14H15NO4S. The Morgan fingerprint density at radius 1 is 1.25 bits per heavy atom. The van der Waals surface area contributed by atoms with Crippen LogP contribution in [0.15, 0.2) is 41.6 Å². The van der Waals surface area contributed by atoms with Gasteiger partial charge in [0.25, 0.3) is 0 Å². The lowest BCUT2D eigenvalue weighted by Gasteiger charge is -2.14. The fraction of sp³-hybridized carbons (Fsp3) is 0.214. The molecule has 0 fully saturated rings. The van der Waals surface area contributed by atoms with Crippen molar-refractivity contribution in [1.82, 2.24) is 4.57 Å². The van der Waals surface area contributed by atoms with Crippen molar-refractivity contribution in [3.63, 3.8) is 0 Å². The molecule has 0 saturated carbocycles. The number of aromatic carboxylic acids is 1. The summed E-state index contributed by atoms with van der Waals surface area (Å²) < 4.78 is 25.8. The summed E-state index contributed by atoms with van der Waals surface area (Å²) in [6.45, 7) is 1.91. The third kappa shape index (κ3) is 2.75. The van der Waals surface area contributed by atoms with Gasteiger partial charge >= 0.3 is 5.97 Å². The molecule has 0 radical (unpaired) electrons.